The molecule has 0 N–H and O–H groups in total. The van der Waals surface area contributed by atoms with Crippen molar-refractivity contribution in [3.8, 4) is 0 Å². The first-order valence-corrected chi connectivity index (χ1v) is 4.33. The largest absolute Gasteiger partial charge is 0.357 e. The molecular weight excluding hydrogens is 136 g/mol. The van der Waals surface area contributed by atoms with Gasteiger partial charge in [-0.2, -0.15) is 0 Å². The lowest BCUT2D eigenvalue weighted by Gasteiger charge is -2.20. The van der Waals surface area contributed by atoms with E-state index in [0.717, 1.165) is 13.1 Å². The van der Waals surface area contributed by atoms with Crippen molar-refractivity contribution in [2.75, 3.05) is 20.1 Å². The van der Waals surface area contributed by atoms with Gasteiger partial charge in [0.1, 0.15) is 0 Å². The first-order valence-electron chi connectivity index (χ1n) is 4.33. The normalized spacial score (nSPS) is 25.0. The third-order valence-electron chi connectivity index (χ3n) is 2.41. The zero-order chi connectivity index (χ0) is 8.43. The minimum absolute atomic E-state index is 0.633. The van der Waals surface area contributed by atoms with Crippen LogP contribution in [0.15, 0.2) is 12.4 Å². The molecule has 1 atom stereocenters. The molecule has 1 saturated heterocycles. The zero-order valence-electron chi connectivity index (χ0n) is 7.80. The number of hydrogen-bond donors (Lipinski definition) is 0. The zero-order valence-corrected chi connectivity index (χ0v) is 7.80. The lowest BCUT2D eigenvalue weighted by molar-refractivity contribution is 0.362. The van der Waals surface area contributed by atoms with Crippen LogP contribution in [-0.4, -0.2) is 36.0 Å². The van der Waals surface area contributed by atoms with E-state index in [1.165, 1.54) is 12.2 Å². The number of hydrogen-bond acceptors (Lipinski definition) is 2. The summed E-state index contributed by atoms with van der Waals surface area (Å²) in [6.07, 6.45) is 1.21. The molecule has 0 aliphatic carbocycles. The van der Waals surface area contributed by atoms with Gasteiger partial charge in [0.15, 0.2) is 0 Å². The molecule has 2 heteroatoms. The van der Waals surface area contributed by atoms with E-state index in [-0.39, 0.29) is 0 Å². The predicted molar refractivity (Wildman–Crippen MR) is 48.2 cm³/mol. The fourth-order valence-electron chi connectivity index (χ4n) is 1.51. The van der Waals surface area contributed by atoms with Gasteiger partial charge in [-0.1, -0.05) is 13.5 Å². The monoisotopic (exact) mass is 154 g/mol. The molecule has 0 bridgehead atoms. The van der Waals surface area contributed by atoms with Gasteiger partial charge in [-0.3, -0.25) is 0 Å². The van der Waals surface area contributed by atoms with Crippen molar-refractivity contribution in [3.05, 3.63) is 12.4 Å². The summed E-state index contributed by atoms with van der Waals surface area (Å²) in [5, 5.41) is 0. The molecule has 1 unspecified atom stereocenters. The Morgan fingerprint density at radius 1 is 1.64 bits per heavy atom. The van der Waals surface area contributed by atoms with E-state index in [2.05, 4.69) is 37.3 Å². The highest BCUT2D eigenvalue weighted by atomic mass is 15.4. The molecule has 1 aliphatic rings. The maximum absolute atomic E-state index is 4.04. The number of rotatable bonds is 2. The Bertz CT molecular complexity index is 154. The van der Waals surface area contributed by atoms with E-state index < -0.39 is 0 Å². The molecule has 0 amide bonds. The summed E-state index contributed by atoms with van der Waals surface area (Å²) in [5.74, 6) is 1.18. The van der Waals surface area contributed by atoms with Crippen LogP contribution in [-0.2, 0) is 0 Å². The quantitative estimate of drug-likeness (QED) is 0.595. The molecule has 1 heterocycles. The van der Waals surface area contributed by atoms with Crippen molar-refractivity contribution in [1.82, 2.24) is 9.80 Å². The van der Waals surface area contributed by atoms with Crippen LogP contribution in [0, 0.1) is 0 Å². The van der Waals surface area contributed by atoms with Crippen LogP contribution in [0.5, 0.6) is 0 Å². The molecule has 0 aromatic rings. The summed E-state index contributed by atoms with van der Waals surface area (Å²) in [7, 11) is 2.11. The van der Waals surface area contributed by atoms with Crippen LogP contribution < -0.4 is 0 Å². The Morgan fingerprint density at radius 2 is 2.27 bits per heavy atom. The third kappa shape index (κ3) is 1.50. The second-order valence-corrected chi connectivity index (χ2v) is 3.32. The predicted octanol–water partition coefficient (Wildman–Crippen LogP) is 1.50. The number of likely N-dealkylation sites (N-methyl/N-ethyl adjacent to an activating group) is 1. The van der Waals surface area contributed by atoms with Gasteiger partial charge >= 0.3 is 0 Å². The standard InChI is InChI=1S/C9H18N2/c1-5-6-11-7-8(2)10(4)9(11)3/h8H,3,5-7H2,1-2,4H3. The van der Waals surface area contributed by atoms with Gasteiger partial charge in [0, 0.05) is 26.2 Å². The van der Waals surface area contributed by atoms with Crippen molar-refractivity contribution in [2.24, 2.45) is 0 Å². The van der Waals surface area contributed by atoms with Gasteiger partial charge in [-0.05, 0) is 13.3 Å². The molecule has 1 fully saturated rings. The van der Waals surface area contributed by atoms with Crippen LogP contribution in [0.3, 0.4) is 0 Å². The molecule has 2 nitrogen and oxygen atoms in total. The molecule has 64 valence electrons. The molecule has 1 aliphatic heterocycles. The molecule has 0 spiro atoms. The molecule has 0 aromatic heterocycles. The van der Waals surface area contributed by atoms with Gasteiger partial charge in [-0.15, -0.1) is 0 Å². The first kappa shape index (κ1) is 8.44. The highest BCUT2D eigenvalue weighted by Gasteiger charge is 2.25. The third-order valence-corrected chi connectivity index (χ3v) is 2.41. The maximum atomic E-state index is 4.04. The minimum atomic E-state index is 0.633. The molecule has 11 heavy (non-hydrogen) atoms. The van der Waals surface area contributed by atoms with Crippen molar-refractivity contribution in [2.45, 2.75) is 26.3 Å². The smallest absolute Gasteiger partial charge is 0.0966 e. The van der Waals surface area contributed by atoms with Crippen LogP contribution in [0.1, 0.15) is 20.3 Å². The van der Waals surface area contributed by atoms with Crippen LogP contribution in [0.2, 0.25) is 0 Å². The van der Waals surface area contributed by atoms with Crippen molar-refractivity contribution < 1.29 is 0 Å². The first-order chi connectivity index (χ1) is 5.16. The van der Waals surface area contributed by atoms with Crippen molar-refractivity contribution in [3.63, 3.8) is 0 Å². The van der Waals surface area contributed by atoms with E-state index in [0.29, 0.717) is 6.04 Å². The summed E-state index contributed by atoms with van der Waals surface area (Å²) >= 11 is 0. The van der Waals surface area contributed by atoms with Crippen LogP contribution in [0.25, 0.3) is 0 Å². The summed E-state index contributed by atoms with van der Waals surface area (Å²) in [5.41, 5.74) is 0. The van der Waals surface area contributed by atoms with Crippen LogP contribution >= 0.6 is 0 Å². The van der Waals surface area contributed by atoms with Gasteiger partial charge < -0.3 is 9.80 Å². The van der Waals surface area contributed by atoms with E-state index in [4.69, 9.17) is 0 Å². The highest BCUT2D eigenvalue weighted by Crippen LogP contribution is 2.19. The Morgan fingerprint density at radius 3 is 2.64 bits per heavy atom. The molecule has 0 radical (unpaired) electrons. The van der Waals surface area contributed by atoms with Gasteiger partial charge in [0.25, 0.3) is 0 Å². The Labute approximate surface area is 69.5 Å². The second kappa shape index (κ2) is 3.16. The lowest BCUT2D eigenvalue weighted by atomic mass is 10.3. The van der Waals surface area contributed by atoms with Gasteiger partial charge in [-0.25, -0.2) is 0 Å². The second-order valence-electron chi connectivity index (χ2n) is 3.32. The van der Waals surface area contributed by atoms with Gasteiger partial charge in [0.2, 0.25) is 0 Å². The van der Waals surface area contributed by atoms with E-state index in [1.807, 2.05) is 0 Å². The summed E-state index contributed by atoms with van der Waals surface area (Å²) in [6.45, 7) is 10.8. The topological polar surface area (TPSA) is 6.48 Å². The van der Waals surface area contributed by atoms with Crippen molar-refractivity contribution >= 4 is 0 Å². The average molecular weight is 154 g/mol. The summed E-state index contributed by atoms with van der Waals surface area (Å²) in [4.78, 5) is 4.60. The van der Waals surface area contributed by atoms with E-state index in [1.54, 1.807) is 0 Å². The number of nitrogens with zero attached hydrogens (tertiary/aromatic N) is 2. The fourth-order valence-corrected chi connectivity index (χ4v) is 1.51. The van der Waals surface area contributed by atoms with Crippen molar-refractivity contribution in [1.29, 1.82) is 0 Å². The molecule has 0 saturated carbocycles. The Hall–Kier alpha value is -0.660. The average Bonchev–Trinajstić information content (AvgIpc) is 2.19. The highest BCUT2D eigenvalue weighted by molar-refractivity contribution is 5.01. The van der Waals surface area contributed by atoms with E-state index >= 15 is 0 Å². The van der Waals surface area contributed by atoms with Gasteiger partial charge in [0.05, 0.1) is 5.82 Å². The maximum Gasteiger partial charge on any atom is 0.0966 e. The fraction of sp³-hybridized carbons (Fsp3) is 0.778. The summed E-state index contributed by atoms with van der Waals surface area (Å²) in [6, 6.07) is 0.633. The lowest BCUT2D eigenvalue weighted by Crippen LogP contribution is -2.21. The Kier molecular flexibility index (Phi) is 2.42. The minimum Gasteiger partial charge on any atom is -0.357 e. The molecular formula is C9H18N2. The van der Waals surface area contributed by atoms with Crippen LogP contribution in [0.4, 0.5) is 0 Å². The van der Waals surface area contributed by atoms with E-state index in [9.17, 15) is 0 Å². The Balaban J connectivity index is 2.52. The summed E-state index contributed by atoms with van der Waals surface area (Å²) < 4.78 is 0. The SMILES string of the molecule is C=C1N(CCC)CC(C)N1C. The molecule has 0 aromatic carbocycles. The molecule has 1 rings (SSSR count).